The van der Waals surface area contributed by atoms with Crippen molar-refractivity contribution in [3.63, 3.8) is 0 Å². The molecule has 7 nitrogen and oxygen atoms in total. The molecule has 2 aliphatic rings. The van der Waals surface area contributed by atoms with Crippen LogP contribution in [0.2, 0.25) is 0 Å². The molecule has 2 rings (SSSR count). The third-order valence-corrected chi connectivity index (χ3v) is 7.61. The Hall–Kier alpha value is -2.17. The van der Waals surface area contributed by atoms with Gasteiger partial charge in [-0.05, 0) is 61.9 Å². The van der Waals surface area contributed by atoms with Crippen molar-refractivity contribution in [2.75, 3.05) is 0 Å². The van der Waals surface area contributed by atoms with E-state index in [1.807, 2.05) is 13.8 Å². The second-order valence-corrected chi connectivity index (χ2v) is 10.8. The van der Waals surface area contributed by atoms with Crippen LogP contribution in [0, 0.1) is 46.8 Å². The van der Waals surface area contributed by atoms with Gasteiger partial charge >= 0.3 is 5.97 Å². The number of nitrogens with zero attached hydrogens (tertiary/aromatic N) is 1. The number of nitrogens with two attached hydrogens (primary N) is 1. The van der Waals surface area contributed by atoms with Crippen LogP contribution in [-0.4, -0.2) is 40.4 Å². The number of hydrogen-bond donors (Lipinski definition) is 3. The predicted molar refractivity (Wildman–Crippen MR) is 130 cm³/mol. The second-order valence-electron chi connectivity index (χ2n) is 10.8. The number of primary amides is 1. The molecular weight excluding hydrogens is 432 g/mol. The van der Waals surface area contributed by atoms with Crippen LogP contribution in [0.4, 0.5) is 0 Å². The average Bonchev–Trinajstić information content (AvgIpc) is 2.70. The lowest BCUT2D eigenvalue weighted by Gasteiger charge is -2.39. The van der Waals surface area contributed by atoms with E-state index in [0.717, 1.165) is 25.7 Å². The van der Waals surface area contributed by atoms with Crippen molar-refractivity contribution < 1.29 is 24.5 Å². The first-order valence-electron chi connectivity index (χ1n) is 12.6. The molecule has 0 unspecified atom stereocenters. The summed E-state index contributed by atoms with van der Waals surface area (Å²) in [6, 6.07) is 2.11. The molecule has 4 N–H and O–H groups in total. The summed E-state index contributed by atoms with van der Waals surface area (Å²) >= 11 is 0. The highest BCUT2D eigenvalue weighted by Gasteiger charge is 2.42. The van der Waals surface area contributed by atoms with Gasteiger partial charge in [-0.25, -0.2) is 0 Å². The number of carbonyl (C=O) groups excluding carboxylic acids is 2. The molecule has 7 heteroatoms. The van der Waals surface area contributed by atoms with Crippen molar-refractivity contribution in [1.29, 1.82) is 5.26 Å². The maximum absolute atomic E-state index is 12.7. The van der Waals surface area contributed by atoms with Crippen molar-refractivity contribution in [1.82, 2.24) is 0 Å². The van der Waals surface area contributed by atoms with E-state index < -0.39 is 30.2 Å². The van der Waals surface area contributed by atoms with Gasteiger partial charge in [-0.15, -0.1) is 0 Å². The first-order chi connectivity index (χ1) is 16.0. The summed E-state index contributed by atoms with van der Waals surface area (Å²) in [7, 11) is 0. The van der Waals surface area contributed by atoms with Gasteiger partial charge in [0.2, 0.25) is 5.91 Å². The number of aliphatic hydroxyl groups is 2. The number of nitriles is 1. The van der Waals surface area contributed by atoms with Crippen molar-refractivity contribution in [3.8, 4) is 6.07 Å². The molecule has 34 heavy (non-hydrogen) atoms. The van der Waals surface area contributed by atoms with E-state index in [1.54, 1.807) is 18.2 Å². The third-order valence-electron chi connectivity index (χ3n) is 7.61. The maximum atomic E-state index is 12.7. The molecule has 0 saturated heterocycles. The number of ether oxygens (including phenoxy) is 1. The van der Waals surface area contributed by atoms with E-state index in [2.05, 4.69) is 19.9 Å². The zero-order valence-corrected chi connectivity index (χ0v) is 21.0. The van der Waals surface area contributed by atoms with E-state index in [4.69, 9.17) is 10.5 Å². The lowest BCUT2D eigenvalue weighted by Crippen LogP contribution is -2.45. The molecule has 0 bridgehead atoms. The third kappa shape index (κ3) is 7.95. The number of esters is 1. The zero-order valence-electron chi connectivity index (χ0n) is 21.0. The topological polar surface area (TPSA) is 134 Å². The average molecular weight is 475 g/mol. The zero-order chi connectivity index (χ0) is 25.4. The van der Waals surface area contributed by atoms with Crippen LogP contribution in [0.15, 0.2) is 23.8 Å². The van der Waals surface area contributed by atoms with Gasteiger partial charge in [0.05, 0.1) is 30.3 Å². The van der Waals surface area contributed by atoms with Crippen LogP contribution in [0.25, 0.3) is 0 Å². The lowest BCUT2D eigenvalue weighted by atomic mass is 9.69. The number of rotatable bonds is 2. The Morgan fingerprint density at radius 3 is 2.29 bits per heavy atom. The van der Waals surface area contributed by atoms with Crippen LogP contribution in [0.1, 0.15) is 72.6 Å². The molecule has 0 radical (unpaired) electrons. The molecule has 0 spiro atoms. The Kier molecular flexibility index (Phi) is 10.8. The van der Waals surface area contributed by atoms with Gasteiger partial charge in [-0.1, -0.05) is 39.8 Å². The Bertz CT molecular complexity index is 801. The maximum Gasteiger partial charge on any atom is 0.308 e. The van der Waals surface area contributed by atoms with Gasteiger partial charge in [-0.2, -0.15) is 5.26 Å². The first kappa shape index (κ1) is 28.1. The van der Waals surface area contributed by atoms with Gasteiger partial charge in [0.25, 0.3) is 0 Å². The summed E-state index contributed by atoms with van der Waals surface area (Å²) in [5.74, 6) is -0.796. The number of allylic oxidation sites excluding steroid dienone is 2. The van der Waals surface area contributed by atoms with Crippen LogP contribution in [0.3, 0.4) is 0 Å². The Balaban J connectivity index is 2.26. The second kappa shape index (κ2) is 13.1. The number of hydrogen-bond acceptors (Lipinski definition) is 6. The van der Waals surface area contributed by atoms with E-state index in [0.29, 0.717) is 30.3 Å². The molecule has 1 heterocycles. The molecule has 0 aromatic carbocycles. The van der Waals surface area contributed by atoms with Crippen molar-refractivity contribution in [3.05, 3.63) is 23.8 Å². The summed E-state index contributed by atoms with van der Waals surface area (Å²) < 4.78 is 5.74. The number of aliphatic hydroxyl groups excluding tert-OH is 2. The van der Waals surface area contributed by atoms with E-state index in [1.165, 1.54) is 0 Å². The monoisotopic (exact) mass is 474 g/mol. The van der Waals surface area contributed by atoms with Gasteiger partial charge in [0, 0.05) is 18.3 Å². The normalized spacial score (nSPS) is 41.4. The summed E-state index contributed by atoms with van der Waals surface area (Å²) in [5.41, 5.74) is 5.82. The van der Waals surface area contributed by atoms with Crippen LogP contribution in [0.5, 0.6) is 0 Å². The van der Waals surface area contributed by atoms with E-state index in [9.17, 15) is 25.1 Å². The fourth-order valence-corrected chi connectivity index (χ4v) is 5.55. The van der Waals surface area contributed by atoms with Crippen LogP contribution >= 0.6 is 0 Å². The summed E-state index contributed by atoms with van der Waals surface area (Å²) in [5, 5.41) is 30.9. The largest absolute Gasteiger partial charge is 0.462 e. The van der Waals surface area contributed by atoms with Gasteiger partial charge < -0.3 is 20.7 Å². The standard InChI is InChI=1S/C27H42N2O5/c1-16-11-17(2)13-19(4)26(32)20(15-28)7-5-6-8-24(21-9-10-22(21)27(29)33)34-25(31)14-23(30)18(3)12-16/h5-7,16-19,21-24,26,30,32H,8-14H2,1-4H3,(H2,29,33)/b6-5+,20-7-/t16-,17+,18-,19-,21+,22+,23-,24-,26+/m0/s1. The molecule has 0 aromatic rings. The highest BCUT2D eigenvalue weighted by molar-refractivity contribution is 5.78. The van der Waals surface area contributed by atoms with Gasteiger partial charge in [0.1, 0.15) is 6.10 Å². The molecule has 1 amide bonds. The van der Waals surface area contributed by atoms with Gasteiger partial charge in [-0.3, -0.25) is 9.59 Å². The van der Waals surface area contributed by atoms with Crippen LogP contribution in [-0.2, 0) is 14.3 Å². The summed E-state index contributed by atoms with van der Waals surface area (Å²) in [6.07, 6.45) is 7.10. The molecule has 1 saturated carbocycles. The summed E-state index contributed by atoms with van der Waals surface area (Å²) in [6.45, 7) is 8.19. The lowest BCUT2D eigenvalue weighted by molar-refractivity contribution is -0.160. The van der Waals surface area contributed by atoms with Crippen molar-refractivity contribution in [2.45, 2.75) is 91.0 Å². The fourth-order valence-electron chi connectivity index (χ4n) is 5.55. The fraction of sp³-hybridized carbons (Fsp3) is 0.741. The summed E-state index contributed by atoms with van der Waals surface area (Å²) in [4.78, 5) is 24.4. The quantitative estimate of drug-likeness (QED) is 0.523. The molecule has 1 fully saturated rings. The predicted octanol–water partition coefficient (Wildman–Crippen LogP) is 3.65. The Morgan fingerprint density at radius 2 is 1.74 bits per heavy atom. The van der Waals surface area contributed by atoms with E-state index >= 15 is 0 Å². The molecule has 190 valence electrons. The minimum absolute atomic E-state index is 0.0646. The molecule has 9 atom stereocenters. The van der Waals surface area contributed by atoms with Gasteiger partial charge in [0.15, 0.2) is 0 Å². The number of amides is 1. The molecular formula is C27H42N2O5. The highest BCUT2D eigenvalue weighted by atomic mass is 16.5. The smallest absolute Gasteiger partial charge is 0.308 e. The Labute approximate surface area is 204 Å². The molecule has 1 aliphatic carbocycles. The SMILES string of the molecule is C[C@@H]1C[C@H](C)C[C@H](C)[C@@H](O)CC(=O)O[C@H]([C@@H]2CC[C@H]2C(N)=O)C/C=C/C=C(/C#N)[C@H](O)[C@@H](C)C1. The van der Waals surface area contributed by atoms with E-state index in [-0.39, 0.29) is 30.1 Å². The number of cyclic esters (lactones) is 1. The first-order valence-corrected chi connectivity index (χ1v) is 12.6. The van der Waals surface area contributed by atoms with Crippen molar-refractivity contribution >= 4 is 11.9 Å². The molecule has 0 aromatic heterocycles. The minimum atomic E-state index is -0.855. The minimum Gasteiger partial charge on any atom is -0.462 e. The van der Waals surface area contributed by atoms with Crippen molar-refractivity contribution in [2.24, 2.45) is 41.2 Å². The highest BCUT2D eigenvalue weighted by Crippen LogP contribution is 2.39. The number of carbonyl (C=O) groups is 2. The van der Waals surface area contributed by atoms with Crippen LogP contribution < -0.4 is 5.73 Å². The Morgan fingerprint density at radius 1 is 1.09 bits per heavy atom. The molecule has 1 aliphatic heterocycles.